The van der Waals surface area contributed by atoms with E-state index in [1.165, 1.54) is 0 Å². The van der Waals surface area contributed by atoms with Crippen LogP contribution < -0.4 is 0 Å². The van der Waals surface area contributed by atoms with Crippen molar-refractivity contribution in [2.45, 2.75) is 0 Å². The van der Waals surface area contributed by atoms with Gasteiger partial charge in [0.05, 0.1) is 0 Å². The van der Waals surface area contributed by atoms with Crippen LogP contribution in [-0.2, 0) is 66.8 Å². The van der Waals surface area contributed by atoms with Gasteiger partial charge >= 0.3 is 0 Å². The van der Waals surface area contributed by atoms with E-state index in [0.717, 1.165) is 0 Å². The fourth-order valence-electron chi connectivity index (χ4n) is 0. The van der Waals surface area contributed by atoms with Crippen LogP contribution in [0, 0.1) is 7.43 Å². The maximum Gasteiger partial charge on any atom is 0 e. The Morgan fingerprint density at radius 1 is 0.750 bits per heavy atom. The van der Waals surface area contributed by atoms with Crippen molar-refractivity contribution in [1.29, 1.82) is 0 Å². The van der Waals surface area contributed by atoms with Crippen LogP contribution in [0.4, 0.5) is 0 Å². The minimum Gasteiger partial charge on any atom is -0.358 e. The molecule has 4 heavy (non-hydrogen) atoms. The van der Waals surface area contributed by atoms with Gasteiger partial charge in [-0.2, -0.15) is 0 Å². The zero-order chi connectivity index (χ0) is 0. The van der Waals surface area contributed by atoms with E-state index in [0.29, 0.717) is 0 Å². The maximum atomic E-state index is 0. The molecule has 0 nitrogen and oxygen atoms in total. The van der Waals surface area contributed by atoms with Crippen molar-refractivity contribution < 1.29 is 66.8 Å². The minimum absolute atomic E-state index is 0. The van der Waals surface area contributed by atoms with Crippen LogP contribution >= 0.6 is 0 Å². The van der Waals surface area contributed by atoms with E-state index in [9.17, 15) is 0 Å². The van der Waals surface area contributed by atoms with Gasteiger partial charge in [-0.1, -0.05) is 0 Å². The van der Waals surface area contributed by atoms with Crippen molar-refractivity contribution in [3.05, 3.63) is 7.43 Å². The summed E-state index contributed by atoms with van der Waals surface area (Å²) in [7, 11) is 0. The van der Waals surface area contributed by atoms with Gasteiger partial charge in [0.2, 0.25) is 0 Å². The fourth-order valence-corrected chi connectivity index (χ4v) is 0. The Hall–Kier alpha value is 2.14. The SMILES string of the molecule is [CH3-].[Mn].[Mn].[Y]. The molecule has 0 spiro atoms. The van der Waals surface area contributed by atoms with E-state index in [1.807, 2.05) is 0 Å². The first-order chi connectivity index (χ1) is 0. The van der Waals surface area contributed by atoms with E-state index < -0.39 is 0 Å². The predicted molar refractivity (Wildman–Crippen MR) is 6.41 cm³/mol. The Morgan fingerprint density at radius 3 is 0.750 bits per heavy atom. The quantitative estimate of drug-likeness (QED) is 0.405. The van der Waals surface area contributed by atoms with Crippen molar-refractivity contribution in [3.63, 3.8) is 0 Å². The van der Waals surface area contributed by atoms with Crippen molar-refractivity contribution >= 4 is 0 Å². The molecule has 0 atom stereocenters. The molecule has 0 saturated heterocycles. The van der Waals surface area contributed by atoms with Crippen molar-refractivity contribution in [1.82, 2.24) is 0 Å². The fraction of sp³-hybridized carbons (Fsp3) is 0. The average molecular weight is 214 g/mol. The predicted octanol–water partition coefficient (Wildman–Crippen LogP) is 0.443. The molecule has 0 N–H and O–H groups in total. The molecule has 0 aromatic carbocycles. The third-order valence-corrected chi connectivity index (χ3v) is 0. The van der Waals surface area contributed by atoms with Gasteiger partial charge in [-0.15, -0.1) is 0 Å². The second kappa shape index (κ2) is 19.2. The second-order valence-electron chi connectivity index (χ2n) is 0. The van der Waals surface area contributed by atoms with Crippen LogP contribution in [0.2, 0.25) is 0 Å². The molecular weight excluding hydrogens is 211 g/mol. The number of rotatable bonds is 0. The first kappa shape index (κ1) is 35.4. The Bertz CT molecular complexity index is 6.00. The van der Waals surface area contributed by atoms with Gasteiger partial charge < -0.3 is 7.43 Å². The zero-order valence-electron chi connectivity index (χ0n) is 2.33. The summed E-state index contributed by atoms with van der Waals surface area (Å²) >= 11 is 0. The largest absolute Gasteiger partial charge is 0.358 e. The topological polar surface area (TPSA) is 0 Å². The molecule has 0 rings (SSSR count). The standard InChI is InChI=1S/CH3.2Mn.Y/h1H3;;;/q-1;;;. The molecule has 0 heterocycles. The second-order valence-corrected chi connectivity index (χ2v) is 0. The van der Waals surface area contributed by atoms with E-state index in [4.69, 9.17) is 0 Å². The van der Waals surface area contributed by atoms with Crippen LogP contribution in [0.25, 0.3) is 0 Å². The Labute approximate surface area is 73.3 Å². The van der Waals surface area contributed by atoms with E-state index in [2.05, 4.69) is 0 Å². The van der Waals surface area contributed by atoms with E-state index in [-0.39, 0.29) is 74.3 Å². The summed E-state index contributed by atoms with van der Waals surface area (Å²) < 4.78 is 0. The minimum atomic E-state index is 0. The summed E-state index contributed by atoms with van der Waals surface area (Å²) in [6.07, 6.45) is 0. The molecular formula is CH3Mn2Y-. The summed E-state index contributed by atoms with van der Waals surface area (Å²) in [5.74, 6) is 0. The normalized spacial score (nSPS) is 0. The monoisotopic (exact) mass is 214 g/mol. The van der Waals surface area contributed by atoms with Gasteiger partial charge in [0, 0.05) is 66.8 Å². The van der Waals surface area contributed by atoms with Gasteiger partial charge in [0.15, 0.2) is 0 Å². The van der Waals surface area contributed by atoms with Crippen molar-refractivity contribution in [2.24, 2.45) is 0 Å². The first-order valence-electron chi connectivity index (χ1n) is 0. The van der Waals surface area contributed by atoms with Crippen LogP contribution in [-0.4, -0.2) is 0 Å². The van der Waals surface area contributed by atoms with Crippen LogP contribution in [0.1, 0.15) is 0 Å². The third-order valence-electron chi connectivity index (χ3n) is 0. The first-order valence-corrected chi connectivity index (χ1v) is 0. The summed E-state index contributed by atoms with van der Waals surface area (Å²) in [6, 6.07) is 0. The van der Waals surface area contributed by atoms with E-state index >= 15 is 0 Å². The molecule has 3 heteroatoms. The maximum absolute atomic E-state index is 0. The van der Waals surface area contributed by atoms with Crippen molar-refractivity contribution in [2.75, 3.05) is 0 Å². The number of hydrogen-bond donors (Lipinski definition) is 0. The third kappa shape index (κ3) is 8.91. The molecule has 0 aliphatic rings. The summed E-state index contributed by atoms with van der Waals surface area (Å²) in [5, 5.41) is 0. The van der Waals surface area contributed by atoms with Gasteiger partial charge in [-0.25, -0.2) is 0 Å². The molecule has 25 valence electrons. The molecule has 0 amide bonds. The average Bonchev–Trinajstić information content (AvgIpc) is 0. The Morgan fingerprint density at radius 2 is 0.750 bits per heavy atom. The molecule has 0 aliphatic carbocycles. The van der Waals surface area contributed by atoms with Gasteiger partial charge in [-0.05, 0) is 0 Å². The van der Waals surface area contributed by atoms with E-state index in [1.54, 1.807) is 0 Å². The summed E-state index contributed by atoms with van der Waals surface area (Å²) in [5.41, 5.74) is 0. The van der Waals surface area contributed by atoms with Gasteiger partial charge in [0.1, 0.15) is 0 Å². The molecule has 0 aromatic heterocycles. The van der Waals surface area contributed by atoms with Gasteiger partial charge in [-0.3, -0.25) is 0 Å². The van der Waals surface area contributed by atoms with Gasteiger partial charge in [0.25, 0.3) is 0 Å². The molecule has 0 unspecified atom stereocenters. The Kier molecular flexibility index (Phi) is 170. The molecule has 0 saturated carbocycles. The van der Waals surface area contributed by atoms with Crippen molar-refractivity contribution in [3.8, 4) is 0 Å². The molecule has 0 aliphatic heterocycles. The Balaban J connectivity index is 0. The zero-order valence-corrected chi connectivity index (χ0v) is 7.53. The van der Waals surface area contributed by atoms with Crippen LogP contribution in [0.3, 0.4) is 0 Å². The molecule has 3 radical (unpaired) electrons. The number of hydrogen-bond acceptors (Lipinski definition) is 0. The summed E-state index contributed by atoms with van der Waals surface area (Å²) in [6.45, 7) is 0. The molecule has 0 aromatic rings. The van der Waals surface area contributed by atoms with Crippen LogP contribution in [0.5, 0.6) is 0 Å². The molecule has 0 bridgehead atoms. The molecule has 0 fully saturated rings. The van der Waals surface area contributed by atoms with Crippen LogP contribution in [0.15, 0.2) is 0 Å². The summed E-state index contributed by atoms with van der Waals surface area (Å²) in [4.78, 5) is 0. The smallest absolute Gasteiger partial charge is 0 e.